The van der Waals surface area contributed by atoms with E-state index in [0.29, 0.717) is 16.8 Å². The highest BCUT2D eigenvalue weighted by Gasteiger charge is 2.12. The molecule has 0 saturated heterocycles. The van der Waals surface area contributed by atoms with Crippen LogP contribution < -0.4 is 5.32 Å². The van der Waals surface area contributed by atoms with Crippen molar-refractivity contribution in [3.05, 3.63) is 35.0 Å². The van der Waals surface area contributed by atoms with Crippen molar-refractivity contribution in [1.82, 2.24) is 10.2 Å². The molecule has 0 fully saturated rings. The van der Waals surface area contributed by atoms with Crippen LogP contribution in [-0.2, 0) is 0 Å². The van der Waals surface area contributed by atoms with E-state index < -0.39 is 0 Å². The molecular formula is C16H21FN2OS. The molecule has 0 aliphatic heterocycles. The van der Waals surface area contributed by atoms with Gasteiger partial charge in [-0.05, 0) is 44.3 Å². The molecule has 1 N–H and O–H groups in total. The summed E-state index contributed by atoms with van der Waals surface area (Å²) in [5.74, 6) is -0.389. The van der Waals surface area contributed by atoms with Gasteiger partial charge in [0.1, 0.15) is 5.82 Å². The molecule has 0 spiro atoms. The molecule has 3 nitrogen and oxygen atoms in total. The standard InChI is InChI=1S/C16H21FN2OS/c1-3-19(4-2)10-6-9-18-16(20)15-11-12-13(17)7-5-8-14(12)21-15/h5,7-8,11H,3-4,6,9-10H2,1-2H3,(H,18,20). The van der Waals surface area contributed by atoms with Gasteiger partial charge in [-0.1, -0.05) is 19.9 Å². The highest BCUT2D eigenvalue weighted by atomic mass is 32.1. The van der Waals surface area contributed by atoms with Gasteiger partial charge in [0.25, 0.3) is 5.91 Å². The first kappa shape index (κ1) is 15.9. The van der Waals surface area contributed by atoms with Crippen LogP contribution in [0.2, 0.25) is 0 Å². The third-order valence-electron chi connectivity index (χ3n) is 3.56. The van der Waals surface area contributed by atoms with Crippen molar-refractivity contribution in [2.45, 2.75) is 20.3 Å². The van der Waals surface area contributed by atoms with Crippen LogP contribution in [0.4, 0.5) is 4.39 Å². The molecular weight excluding hydrogens is 287 g/mol. The maximum Gasteiger partial charge on any atom is 0.261 e. The van der Waals surface area contributed by atoms with Crippen LogP contribution in [0.25, 0.3) is 10.1 Å². The fourth-order valence-electron chi connectivity index (χ4n) is 2.27. The Morgan fingerprint density at radius 2 is 2.10 bits per heavy atom. The van der Waals surface area contributed by atoms with Crippen LogP contribution in [0.15, 0.2) is 24.3 Å². The van der Waals surface area contributed by atoms with Crippen LogP contribution in [0.5, 0.6) is 0 Å². The summed E-state index contributed by atoms with van der Waals surface area (Å²) in [6, 6.07) is 6.55. The maximum atomic E-state index is 13.6. The zero-order chi connectivity index (χ0) is 15.2. The molecule has 1 heterocycles. The van der Waals surface area contributed by atoms with E-state index in [1.807, 2.05) is 6.07 Å². The number of hydrogen-bond donors (Lipinski definition) is 1. The topological polar surface area (TPSA) is 32.3 Å². The Morgan fingerprint density at radius 3 is 2.76 bits per heavy atom. The number of thiophene rings is 1. The maximum absolute atomic E-state index is 13.6. The Balaban J connectivity index is 1.89. The summed E-state index contributed by atoms with van der Waals surface area (Å²) >= 11 is 1.33. The molecule has 0 radical (unpaired) electrons. The number of nitrogens with zero attached hydrogens (tertiary/aromatic N) is 1. The Morgan fingerprint density at radius 1 is 1.33 bits per heavy atom. The summed E-state index contributed by atoms with van der Waals surface area (Å²) < 4.78 is 14.4. The van der Waals surface area contributed by atoms with E-state index in [9.17, 15) is 9.18 Å². The highest BCUT2D eigenvalue weighted by molar-refractivity contribution is 7.20. The number of benzene rings is 1. The van der Waals surface area contributed by atoms with Gasteiger partial charge in [0, 0.05) is 16.6 Å². The minimum Gasteiger partial charge on any atom is -0.351 e. The zero-order valence-corrected chi connectivity index (χ0v) is 13.3. The molecule has 0 atom stereocenters. The molecule has 114 valence electrons. The molecule has 0 bridgehead atoms. The normalized spacial score (nSPS) is 11.2. The summed E-state index contributed by atoms with van der Waals surface area (Å²) in [4.78, 5) is 15.0. The second-order valence-electron chi connectivity index (χ2n) is 4.90. The monoisotopic (exact) mass is 308 g/mol. The second kappa shape index (κ2) is 7.52. The van der Waals surface area contributed by atoms with Crippen LogP contribution in [0, 0.1) is 5.82 Å². The third-order valence-corrected chi connectivity index (χ3v) is 4.66. The molecule has 1 amide bonds. The van der Waals surface area contributed by atoms with Crippen molar-refractivity contribution in [1.29, 1.82) is 0 Å². The van der Waals surface area contributed by atoms with Gasteiger partial charge in [-0.3, -0.25) is 4.79 Å². The minimum atomic E-state index is -0.274. The van der Waals surface area contributed by atoms with Gasteiger partial charge in [0.2, 0.25) is 0 Å². The summed E-state index contributed by atoms with van der Waals surface area (Å²) in [6.07, 6.45) is 0.923. The summed E-state index contributed by atoms with van der Waals surface area (Å²) in [6.45, 7) is 7.95. The average Bonchev–Trinajstić information content (AvgIpc) is 2.93. The first-order chi connectivity index (χ1) is 10.2. The smallest absolute Gasteiger partial charge is 0.261 e. The quantitative estimate of drug-likeness (QED) is 0.794. The van der Waals surface area contributed by atoms with Gasteiger partial charge in [0.05, 0.1) is 4.88 Å². The van der Waals surface area contributed by atoms with Crippen molar-refractivity contribution in [3.63, 3.8) is 0 Å². The SMILES string of the molecule is CCN(CC)CCCNC(=O)c1cc2c(F)cccc2s1. The summed E-state index contributed by atoms with van der Waals surface area (Å²) in [5, 5.41) is 3.43. The molecule has 1 aromatic carbocycles. The van der Waals surface area contributed by atoms with Crippen LogP contribution in [-0.4, -0.2) is 37.0 Å². The predicted octanol–water partition coefficient (Wildman–Crippen LogP) is 3.50. The predicted molar refractivity (Wildman–Crippen MR) is 86.5 cm³/mol. The number of rotatable bonds is 7. The van der Waals surface area contributed by atoms with Crippen molar-refractivity contribution in [2.75, 3.05) is 26.2 Å². The molecule has 5 heteroatoms. The molecule has 0 unspecified atom stereocenters. The lowest BCUT2D eigenvalue weighted by atomic mass is 10.2. The van der Waals surface area contributed by atoms with Crippen molar-refractivity contribution in [2.24, 2.45) is 0 Å². The number of carbonyl (C=O) groups is 1. The Labute approximate surface area is 128 Å². The largest absolute Gasteiger partial charge is 0.351 e. The van der Waals surface area contributed by atoms with E-state index in [0.717, 1.165) is 30.8 Å². The van der Waals surface area contributed by atoms with Gasteiger partial charge in [0.15, 0.2) is 0 Å². The first-order valence-corrected chi connectivity index (χ1v) is 8.16. The van der Waals surface area contributed by atoms with Gasteiger partial charge < -0.3 is 10.2 Å². The number of amides is 1. The second-order valence-corrected chi connectivity index (χ2v) is 5.98. The molecule has 21 heavy (non-hydrogen) atoms. The van der Waals surface area contributed by atoms with Gasteiger partial charge in [-0.25, -0.2) is 4.39 Å². The van der Waals surface area contributed by atoms with E-state index in [2.05, 4.69) is 24.1 Å². The summed E-state index contributed by atoms with van der Waals surface area (Å²) in [5.41, 5.74) is 0. The van der Waals surface area contributed by atoms with Gasteiger partial charge >= 0.3 is 0 Å². The lowest BCUT2D eigenvalue weighted by Gasteiger charge is -2.17. The molecule has 0 aliphatic rings. The fraction of sp³-hybridized carbons (Fsp3) is 0.438. The van der Waals surface area contributed by atoms with E-state index in [-0.39, 0.29) is 11.7 Å². The number of fused-ring (bicyclic) bond motifs is 1. The van der Waals surface area contributed by atoms with Crippen molar-refractivity contribution >= 4 is 27.3 Å². The van der Waals surface area contributed by atoms with Crippen LogP contribution in [0.3, 0.4) is 0 Å². The summed E-state index contributed by atoms with van der Waals surface area (Å²) in [7, 11) is 0. The Kier molecular flexibility index (Phi) is 5.70. The van der Waals surface area contributed by atoms with E-state index >= 15 is 0 Å². The minimum absolute atomic E-state index is 0.116. The van der Waals surface area contributed by atoms with Gasteiger partial charge in [-0.2, -0.15) is 0 Å². The Bertz CT molecular complexity index is 607. The third kappa shape index (κ3) is 4.02. The lowest BCUT2D eigenvalue weighted by molar-refractivity contribution is 0.0956. The molecule has 1 aromatic heterocycles. The van der Waals surface area contributed by atoms with E-state index in [4.69, 9.17) is 0 Å². The molecule has 2 rings (SSSR count). The van der Waals surface area contributed by atoms with E-state index in [1.165, 1.54) is 17.4 Å². The number of carbonyl (C=O) groups excluding carboxylic acids is 1. The van der Waals surface area contributed by atoms with Crippen LogP contribution >= 0.6 is 11.3 Å². The van der Waals surface area contributed by atoms with Gasteiger partial charge in [-0.15, -0.1) is 11.3 Å². The zero-order valence-electron chi connectivity index (χ0n) is 12.5. The lowest BCUT2D eigenvalue weighted by Crippen LogP contribution is -2.29. The number of hydrogen-bond acceptors (Lipinski definition) is 3. The van der Waals surface area contributed by atoms with Crippen molar-refractivity contribution in [3.8, 4) is 0 Å². The molecule has 0 aliphatic carbocycles. The van der Waals surface area contributed by atoms with Crippen LogP contribution in [0.1, 0.15) is 29.9 Å². The number of nitrogens with one attached hydrogen (secondary N) is 1. The average molecular weight is 308 g/mol. The fourth-order valence-corrected chi connectivity index (χ4v) is 3.26. The first-order valence-electron chi connectivity index (χ1n) is 7.34. The molecule has 2 aromatic rings. The highest BCUT2D eigenvalue weighted by Crippen LogP contribution is 2.27. The molecule has 0 saturated carbocycles. The number of halogens is 1. The van der Waals surface area contributed by atoms with E-state index in [1.54, 1.807) is 12.1 Å². The Hall–Kier alpha value is -1.46. The van der Waals surface area contributed by atoms with Crippen molar-refractivity contribution < 1.29 is 9.18 Å².